The van der Waals surface area contributed by atoms with E-state index in [-0.39, 0.29) is 18.5 Å². The van der Waals surface area contributed by atoms with Gasteiger partial charge in [0.15, 0.2) is 0 Å². The minimum absolute atomic E-state index is 0.259. The van der Waals surface area contributed by atoms with Gasteiger partial charge in [0.1, 0.15) is 0 Å². The number of esters is 1. The van der Waals surface area contributed by atoms with Crippen LogP contribution in [0.3, 0.4) is 0 Å². The molecule has 6 heteroatoms. The normalized spacial score (nSPS) is 15.3. The van der Waals surface area contributed by atoms with Crippen molar-refractivity contribution < 1.29 is 19.7 Å². The number of carbonyl (C=O) groups is 1. The van der Waals surface area contributed by atoms with Gasteiger partial charge in [-0.05, 0) is 32.6 Å². The van der Waals surface area contributed by atoms with Crippen molar-refractivity contribution in [3.8, 4) is 0 Å². The molecule has 6 nitrogen and oxygen atoms in total. The number of aliphatic imine (C=N–C) groups is 1. The number of nitrogens with zero attached hydrogens (tertiary/aromatic N) is 1. The molecule has 150 valence electrons. The number of carbonyl (C=O) groups excluding carboxylic acids is 1. The second kappa shape index (κ2) is 15.6. The Balaban J connectivity index is 4.60. The molecule has 0 saturated heterocycles. The number of rotatable bonds is 14. The Labute approximate surface area is 157 Å². The quantitative estimate of drug-likeness (QED) is 0.189. The molecule has 0 bridgehead atoms. The average Bonchev–Trinajstić information content (AvgIpc) is 2.60. The van der Waals surface area contributed by atoms with E-state index in [1.807, 2.05) is 6.08 Å². The topological polar surface area (TPSA) is 105 Å². The molecule has 2 unspecified atom stereocenters. The standard InChI is InChI=1S/C20H36N2O4/c1-4-6-7-11-17(23)12-8-10-16(15-22-3)20(21)18(24)13-9-14-19(25)26-5-2/h8,10,15,17-18,23-24H,4-7,9,11-14,21H2,1-3H3/b10-8+,20-16-,22-15?. The highest BCUT2D eigenvalue weighted by Crippen LogP contribution is 2.13. The lowest BCUT2D eigenvalue weighted by Crippen LogP contribution is -2.20. The van der Waals surface area contributed by atoms with E-state index in [0.717, 1.165) is 25.7 Å². The van der Waals surface area contributed by atoms with Crippen LogP contribution in [0, 0.1) is 0 Å². The molecule has 0 aliphatic heterocycles. The SMILES string of the molecule is CCCCCC(O)C/C=C/C(C=NC)=C(/N)C(O)CCCC(=O)OCC. The van der Waals surface area contributed by atoms with E-state index in [4.69, 9.17) is 10.5 Å². The number of allylic oxidation sites excluding steroid dienone is 2. The van der Waals surface area contributed by atoms with Gasteiger partial charge in [0.25, 0.3) is 0 Å². The number of unbranched alkanes of at least 4 members (excludes halogenated alkanes) is 2. The van der Waals surface area contributed by atoms with E-state index in [1.54, 1.807) is 26.3 Å². The minimum Gasteiger partial charge on any atom is -0.466 e. The maximum Gasteiger partial charge on any atom is 0.305 e. The second-order valence-electron chi connectivity index (χ2n) is 6.30. The molecule has 0 amide bonds. The number of hydrogen-bond acceptors (Lipinski definition) is 6. The van der Waals surface area contributed by atoms with Crippen LogP contribution in [0.1, 0.15) is 65.2 Å². The lowest BCUT2D eigenvalue weighted by atomic mass is 10.0. The minimum atomic E-state index is -0.850. The summed E-state index contributed by atoms with van der Waals surface area (Å²) in [5, 5.41) is 20.2. The highest BCUT2D eigenvalue weighted by Gasteiger charge is 2.12. The first-order valence-corrected chi connectivity index (χ1v) is 9.56. The van der Waals surface area contributed by atoms with Crippen molar-refractivity contribution in [2.24, 2.45) is 10.7 Å². The zero-order valence-electron chi connectivity index (χ0n) is 16.5. The van der Waals surface area contributed by atoms with Gasteiger partial charge in [-0.25, -0.2) is 0 Å². The second-order valence-corrected chi connectivity index (χ2v) is 6.30. The monoisotopic (exact) mass is 368 g/mol. The van der Waals surface area contributed by atoms with Gasteiger partial charge in [0, 0.05) is 31.0 Å². The Hall–Kier alpha value is -1.66. The van der Waals surface area contributed by atoms with Gasteiger partial charge in [-0.2, -0.15) is 0 Å². The molecule has 4 N–H and O–H groups in total. The molecule has 0 aromatic heterocycles. The average molecular weight is 369 g/mol. The Morgan fingerprint density at radius 2 is 1.92 bits per heavy atom. The molecular weight excluding hydrogens is 332 g/mol. The van der Waals surface area contributed by atoms with Crippen molar-refractivity contribution in [1.82, 2.24) is 0 Å². The van der Waals surface area contributed by atoms with Crippen molar-refractivity contribution in [2.75, 3.05) is 13.7 Å². The van der Waals surface area contributed by atoms with E-state index in [2.05, 4.69) is 11.9 Å². The van der Waals surface area contributed by atoms with E-state index >= 15 is 0 Å². The number of aliphatic hydroxyl groups excluding tert-OH is 2. The van der Waals surface area contributed by atoms with Gasteiger partial charge < -0.3 is 20.7 Å². The van der Waals surface area contributed by atoms with Crippen LogP contribution in [0.15, 0.2) is 28.4 Å². The van der Waals surface area contributed by atoms with Crippen molar-refractivity contribution in [3.05, 3.63) is 23.4 Å². The predicted molar refractivity (Wildman–Crippen MR) is 106 cm³/mol. The van der Waals surface area contributed by atoms with Crippen molar-refractivity contribution in [2.45, 2.75) is 77.4 Å². The Bertz CT molecular complexity index is 472. The first kappa shape index (κ1) is 24.3. The molecule has 0 radical (unpaired) electrons. The molecule has 2 atom stereocenters. The van der Waals surface area contributed by atoms with Crippen LogP contribution >= 0.6 is 0 Å². The molecule has 0 fully saturated rings. The van der Waals surface area contributed by atoms with Crippen molar-refractivity contribution in [1.29, 1.82) is 0 Å². The molecule has 0 heterocycles. The highest BCUT2D eigenvalue weighted by molar-refractivity contribution is 5.83. The first-order chi connectivity index (χ1) is 12.5. The summed E-state index contributed by atoms with van der Waals surface area (Å²) >= 11 is 0. The van der Waals surface area contributed by atoms with Crippen molar-refractivity contribution >= 4 is 12.2 Å². The lowest BCUT2D eigenvalue weighted by molar-refractivity contribution is -0.143. The number of ether oxygens (including phenoxy) is 1. The summed E-state index contributed by atoms with van der Waals surface area (Å²) in [6, 6.07) is 0. The molecule has 0 saturated carbocycles. The summed E-state index contributed by atoms with van der Waals surface area (Å²) < 4.78 is 4.86. The third kappa shape index (κ3) is 11.8. The molecule has 0 aliphatic carbocycles. The van der Waals surface area contributed by atoms with Crippen LogP contribution in [0.25, 0.3) is 0 Å². The van der Waals surface area contributed by atoms with E-state index in [9.17, 15) is 15.0 Å². The highest BCUT2D eigenvalue weighted by atomic mass is 16.5. The zero-order valence-corrected chi connectivity index (χ0v) is 16.5. The van der Waals surface area contributed by atoms with Crippen LogP contribution in [-0.2, 0) is 9.53 Å². The third-order valence-corrected chi connectivity index (χ3v) is 3.97. The number of nitrogens with two attached hydrogens (primary N) is 1. The molecule has 0 aliphatic rings. The molecule has 0 spiro atoms. The van der Waals surface area contributed by atoms with E-state index < -0.39 is 6.10 Å². The number of hydrogen-bond donors (Lipinski definition) is 3. The van der Waals surface area contributed by atoms with Gasteiger partial charge in [0.05, 0.1) is 18.8 Å². The smallest absolute Gasteiger partial charge is 0.305 e. The van der Waals surface area contributed by atoms with Crippen LogP contribution in [-0.4, -0.2) is 48.3 Å². The fraction of sp³-hybridized carbons (Fsp3) is 0.700. The fourth-order valence-corrected chi connectivity index (χ4v) is 2.47. The van der Waals surface area contributed by atoms with E-state index in [0.29, 0.717) is 37.1 Å². The maximum absolute atomic E-state index is 11.3. The summed E-state index contributed by atoms with van der Waals surface area (Å²) in [7, 11) is 1.63. The van der Waals surface area contributed by atoms with Crippen LogP contribution in [0.2, 0.25) is 0 Å². The Kier molecular flexibility index (Phi) is 14.6. The van der Waals surface area contributed by atoms with Gasteiger partial charge in [-0.3, -0.25) is 9.79 Å². The van der Waals surface area contributed by atoms with Gasteiger partial charge >= 0.3 is 5.97 Å². The number of aliphatic hydroxyl groups is 2. The van der Waals surface area contributed by atoms with Crippen LogP contribution in [0.5, 0.6) is 0 Å². The first-order valence-electron chi connectivity index (χ1n) is 9.56. The molecule has 0 aromatic rings. The summed E-state index contributed by atoms with van der Waals surface area (Å²) in [5.41, 5.74) is 6.98. The van der Waals surface area contributed by atoms with Gasteiger partial charge in [-0.15, -0.1) is 0 Å². The molecule has 0 aromatic carbocycles. The van der Waals surface area contributed by atoms with Crippen molar-refractivity contribution in [3.63, 3.8) is 0 Å². The summed E-state index contributed by atoms with van der Waals surface area (Å²) in [6.07, 6.45) is 9.73. The molecule has 26 heavy (non-hydrogen) atoms. The third-order valence-electron chi connectivity index (χ3n) is 3.97. The van der Waals surface area contributed by atoms with Crippen LogP contribution < -0.4 is 5.73 Å². The van der Waals surface area contributed by atoms with Gasteiger partial charge in [-0.1, -0.05) is 38.3 Å². The van der Waals surface area contributed by atoms with E-state index in [1.165, 1.54) is 0 Å². The largest absolute Gasteiger partial charge is 0.466 e. The molecule has 0 rings (SSSR count). The lowest BCUT2D eigenvalue weighted by Gasteiger charge is -2.13. The maximum atomic E-state index is 11.3. The fourth-order valence-electron chi connectivity index (χ4n) is 2.47. The zero-order chi connectivity index (χ0) is 19.8. The Morgan fingerprint density at radius 3 is 2.54 bits per heavy atom. The summed E-state index contributed by atoms with van der Waals surface area (Å²) in [5.74, 6) is -0.269. The predicted octanol–water partition coefficient (Wildman–Crippen LogP) is 2.88. The summed E-state index contributed by atoms with van der Waals surface area (Å²) in [6.45, 7) is 4.25. The summed E-state index contributed by atoms with van der Waals surface area (Å²) in [4.78, 5) is 15.3. The van der Waals surface area contributed by atoms with Gasteiger partial charge in [0.2, 0.25) is 0 Å². The molecular formula is C20H36N2O4. The van der Waals surface area contributed by atoms with Crippen LogP contribution in [0.4, 0.5) is 0 Å². The Morgan fingerprint density at radius 1 is 1.19 bits per heavy atom.